The topological polar surface area (TPSA) is 88.4 Å². The Kier molecular flexibility index (Phi) is 6.66. The van der Waals surface area contributed by atoms with E-state index in [1.54, 1.807) is 12.1 Å². The van der Waals surface area contributed by atoms with E-state index in [1.165, 1.54) is 21.3 Å². The second kappa shape index (κ2) is 8.75. The third-order valence-corrected chi connectivity index (χ3v) is 4.96. The lowest BCUT2D eigenvalue weighted by atomic mass is 9.85. The maximum absolute atomic E-state index is 10.0. The van der Waals surface area contributed by atoms with Crippen molar-refractivity contribution < 1.29 is 29.5 Å². The van der Waals surface area contributed by atoms with Crippen LogP contribution in [0.25, 0.3) is 0 Å². The van der Waals surface area contributed by atoms with Crippen LogP contribution in [0.2, 0.25) is 0 Å². The normalized spacial score (nSPS) is 13.1. The van der Waals surface area contributed by atoms with Crippen LogP contribution in [0.1, 0.15) is 25.0 Å². The highest BCUT2D eigenvalue weighted by Crippen LogP contribution is 2.39. The highest BCUT2D eigenvalue weighted by Gasteiger charge is 2.18. The van der Waals surface area contributed by atoms with Crippen molar-refractivity contribution in [1.29, 1.82) is 0 Å². The lowest BCUT2D eigenvalue weighted by Gasteiger charge is -2.21. The molecule has 0 fully saturated rings. The Hall–Kier alpha value is -2.76. The number of rotatable bonds is 8. The SMILES string of the molecule is COc1cc(C[C@@H](C)[C@@H](C)Cc2cc(OC)c(O)c(OC)c2)cc(O)c1O. The molecule has 6 nitrogen and oxygen atoms in total. The molecule has 0 saturated carbocycles. The molecule has 2 aromatic carbocycles. The smallest absolute Gasteiger partial charge is 0.200 e. The standard InChI is InChI=1S/C21H28O6/c1-12(6-14-8-16(22)20(23)17(9-14)25-3)13(2)7-15-10-18(26-4)21(24)19(11-15)27-5/h8-13,22-24H,6-7H2,1-5H3/t12-,13+/m1/s1. The van der Waals surface area contributed by atoms with Gasteiger partial charge in [0.15, 0.2) is 23.0 Å². The number of aromatic hydroxyl groups is 3. The van der Waals surface area contributed by atoms with Gasteiger partial charge in [0, 0.05) is 0 Å². The van der Waals surface area contributed by atoms with Gasteiger partial charge in [0.05, 0.1) is 21.3 Å². The van der Waals surface area contributed by atoms with E-state index in [1.807, 2.05) is 12.1 Å². The number of ether oxygens (including phenoxy) is 3. The minimum atomic E-state index is -0.245. The summed E-state index contributed by atoms with van der Waals surface area (Å²) in [5.74, 6) is 1.21. The molecule has 0 aliphatic rings. The number of methoxy groups -OCH3 is 3. The molecule has 2 rings (SSSR count). The summed E-state index contributed by atoms with van der Waals surface area (Å²) >= 11 is 0. The molecule has 0 amide bonds. The zero-order chi connectivity index (χ0) is 20.1. The molecule has 0 unspecified atom stereocenters. The van der Waals surface area contributed by atoms with Gasteiger partial charge in [-0.25, -0.2) is 0 Å². The molecule has 148 valence electrons. The van der Waals surface area contributed by atoms with E-state index in [2.05, 4.69) is 13.8 Å². The third kappa shape index (κ3) is 4.70. The molecule has 0 aliphatic carbocycles. The Morgan fingerprint density at radius 2 is 1.04 bits per heavy atom. The first-order valence-corrected chi connectivity index (χ1v) is 8.83. The maximum atomic E-state index is 10.0. The van der Waals surface area contributed by atoms with E-state index in [9.17, 15) is 15.3 Å². The van der Waals surface area contributed by atoms with Gasteiger partial charge in [-0.05, 0) is 60.1 Å². The van der Waals surface area contributed by atoms with Crippen LogP contribution < -0.4 is 14.2 Å². The van der Waals surface area contributed by atoms with Crippen molar-refractivity contribution in [3.8, 4) is 34.5 Å². The summed E-state index contributed by atoms with van der Waals surface area (Å²) in [7, 11) is 4.47. The number of phenols is 3. The van der Waals surface area contributed by atoms with E-state index in [-0.39, 0.29) is 23.0 Å². The van der Waals surface area contributed by atoms with Gasteiger partial charge in [0.1, 0.15) is 0 Å². The van der Waals surface area contributed by atoms with Crippen LogP contribution in [0.15, 0.2) is 24.3 Å². The molecule has 2 atom stereocenters. The lowest BCUT2D eigenvalue weighted by Crippen LogP contribution is -2.14. The fraction of sp³-hybridized carbons (Fsp3) is 0.429. The summed E-state index contributed by atoms with van der Waals surface area (Å²) in [5, 5.41) is 29.7. The summed E-state index contributed by atoms with van der Waals surface area (Å²) in [4.78, 5) is 0. The summed E-state index contributed by atoms with van der Waals surface area (Å²) in [6.07, 6.45) is 1.49. The zero-order valence-electron chi connectivity index (χ0n) is 16.4. The fourth-order valence-electron chi connectivity index (χ4n) is 3.13. The second-order valence-electron chi connectivity index (χ2n) is 6.88. The van der Waals surface area contributed by atoms with Crippen LogP contribution in [-0.2, 0) is 12.8 Å². The Bertz CT molecular complexity index is 761. The molecule has 0 spiro atoms. The first kappa shape index (κ1) is 20.6. The molecule has 6 heteroatoms. The molecular weight excluding hydrogens is 348 g/mol. The van der Waals surface area contributed by atoms with Crippen LogP contribution in [0.5, 0.6) is 34.5 Å². The third-order valence-electron chi connectivity index (χ3n) is 4.96. The Balaban J connectivity index is 2.14. The summed E-state index contributed by atoms with van der Waals surface area (Å²) in [6, 6.07) is 6.94. The van der Waals surface area contributed by atoms with Crippen molar-refractivity contribution in [3.63, 3.8) is 0 Å². The van der Waals surface area contributed by atoms with Gasteiger partial charge in [0.2, 0.25) is 11.5 Å². The first-order chi connectivity index (χ1) is 12.8. The minimum absolute atomic E-state index is 0.00360. The van der Waals surface area contributed by atoms with Crippen molar-refractivity contribution >= 4 is 0 Å². The van der Waals surface area contributed by atoms with E-state index in [4.69, 9.17) is 14.2 Å². The van der Waals surface area contributed by atoms with E-state index < -0.39 is 0 Å². The molecular formula is C21H28O6. The Labute approximate surface area is 159 Å². The van der Waals surface area contributed by atoms with Crippen molar-refractivity contribution in [2.75, 3.05) is 21.3 Å². The zero-order valence-corrected chi connectivity index (χ0v) is 16.4. The fourth-order valence-corrected chi connectivity index (χ4v) is 3.13. The van der Waals surface area contributed by atoms with Crippen LogP contribution in [0, 0.1) is 11.8 Å². The molecule has 0 radical (unpaired) electrons. The molecule has 27 heavy (non-hydrogen) atoms. The van der Waals surface area contributed by atoms with Gasteiger partial charge < -0.3 is 29.5 Å². The van der Waals surface area contributed by atoms with Crippen LogP contribution >= 0.6 is 0 Å². The largest absolute Gasteiger partial charge is 0.504 e. The lowest BCUT2D eigenvalue weighted by molar-refractivity contribution is 0.336. The van der Waals surface area contributed by atoms with Crippen LogP contribution in [0.3, 0.4) is 0 Å². The number of phenolic OH excluding ortho intramolecular Hbond substituents is 3. The summed E-state index contributed by atoms with van der Waals surface area (Å²) < 4.78 is 15.5. The van der Waals surface area contributed by atoms with Crippen molar-refractivity contribution in [2.45, 2.75) is 26.7 Å². The minimum Gasteiger partial charge on any atom is -0.504 e. The van der Waals surface area contributed by atoms with Gasteiger partial charge in [-0.15, -0.1) is 0 Å². The van der Waals surface area contributed by atoms with Gasteiger partial charge in [-0.3, -0.25) is 0 Å². The van der Waals surface area contributed by atoms with Crippen molar-refractivity contribution in [2.24, 2.45) is 11.8 Å². The van der Waals surface area contributed by atoms with Gasteiger partial charge in [-0.1, -0.05) is 13.8 Å². The first-order valence-electron chi connectivity index (χ1n) is 8.83. The Morgan fingerprint density at radius 1 is 0.667 bits per heavy atom. The van der Waals surface area contributed by atoms with E-state index in [0.717, 1.165) is 24.0 Å². The van der Waals surface area contributed by atoms with Crippen molar-refractivity contribution in [1.82, 2.24) is 0 Å². The molecule has 0 aromatic heterocycles. The van der Waals surface area contributed by atoms with Crippen LogP contribution in [0.4, 0.5) is 0 Å². The molecule has 3 N–H and O–H groups in total. The average Bonchev–Trinajstić information content (AvgIpc) is 2.65. The highest BCUT2D eigenvalue weighted by atomic mass is 16.5. The Morgan fingerprint density at radius 3 is 1.44 bits per heavy atom. The monoisotopic (exact) mass is 376 g/mol. The predicted octanol–water partition coefficient (Wildman–Crippen LogP) is 3.89. The summed E-state index contributed by atoms with van der Waals surface area (Å²) in [6.45, 7) is 4.28. The number of hydrogen-bond acceptors (Lipinski definition) is 6. The van der Waals surface area contributed by atoms with Gasteiger partial charge >= 0.3 is 0 Å². The second-order valence-corrected chi connectivity index (χ2v) is 6.88. The molecule has 0 bridgehead atoms. The number of hydrogen-bond donors (Lipinski definition) is 3. The van der Waals surface area contributed by atoms with E-state index in [0.29, 0.717) is 23.3 Å². The molecule has 0 saturated heterocycles. The maximum Gasteiger partial charge on any atom is 0.200 e. The quantitative estimate of drug-likeness (QED) is 0.606. The highest BCUT2D eigenvalue weighted by molar-refractivity contribution is 5.53. The summed E-state index contributed by atoms with van der Waals surface area (Å²) in [5.41, 5.74) is 1.90. The van der Waals surface area contributed by atoms with Crippen molar-refractivity contribution in [3.05, 3.63) is 35.4 Å². The predicted molar refractivity (Wildman–Crippen MR) is 103 cm³/mol. The van der Waals surface area contributed by atoms with Crippen LogP contribution in [-0.4, -0.2) is 36.6 Å². The average molecular weight is 376 g/mol. The molecule has 2 aromatic rings. The van der Waals surface area contributed by atoms with Gasteiger partial charge in [-0.2, -0.15) is 0 Å². The van der Waals surface area contributed by atoms with E-state index >= 15 is 0 Å². The number of benzene rings is 2. The molecule has 0 heterocycles. The molecule has 0 aliphatic heterocycles. The van der Waals surface area contributed by atoms with Gasteiger partial charge in [0.25, 0.3) is 0 Å².